The second kappa shape index (κ2) is 24.8. The number of imidazole rings is 1. The molecule has 0 aromatic carbocycles. The molecular formula is C37H58N7O18P3S. The molecule has 0 spiro atoms. The lowest BCUT2D eigenvalue weighted by atomic mass is 9.87. The Bertz CT molecular complexity index is 2210. The summed E-state index contributed by atoms with van der Waals surface area (Å²) >= 11 is 1.03. The SMILES string of the molecule is CCC=CCC1C(=O)CCC1CCCC=CC(=O)SCCNC(=O)CCNC(=O)C(O)C(C)(C)COP(=O)(O)OP(=O)(O)OCC1OC(n2cnc3c(N)ncnc32)C(O)C1OP(=O)(O)O. The van der Waals surface area contributed by atoms with Crippen LogP contribution < -0.4 is 16.4 Å². The van der Waals surface area contributed by atoms with Gasteiger partial charge in [0, 0.05) is 43.0 Å². The summed E-state index contributed by atoms with van der Waals surface area (Å²) in [6.07, 6.45) is 6.29. The number of nitrogens with zero attached hydrogens (tertiary/aromatic N) is 4. The molecule has 2 aromatic rings. The number of phosphoric ester groups is 3. The van der Waals surface area contributed by atoms with E-state index in [9.17, 15) is 62.7 Å². The minimum atomic E-state index is -5.59. The number of allylic oxidation sites excluding steroid dienone is 3. The van der Waals surface area contributed by atoms with Crippen molar-refractivity contribution in [3.05, 3.63) is 37.0 Å². The van der Waals surface area contributed by atoms with Crippen LogP contribution in [-0.4, -0.2) is 128 Å². The molecule has 370 valence electrons. The Labute approximate surface area is 384 Å². The molecule has 2 aliphatic rings. The van der Waals surface area contributed by atoms with Gasteiger partial charge in [0.2, 0.25) is 16.9 Å². The van der Waals surface area contributed by atoms with E-state index in [1.54, 1.807) is 0 Å². The third kappa shape index (κ3) is 17.0. The minimum absolute atomic E-state index is 0.0267. The lowest BCUT2D eigenvalue weighted by Crippen LogP contribution is -2.46. The van der Waals surface area contributed by atoms with Crippen LogP contribution in [-0.2, 0) is 55.5 Å². The first-order valence-corrected chi connectivity index (χ1v) is 26.3. The van der Waals surface area contributed by atoms with E-state index in [0.717, 1.165) is 61.1 Å². The summed E-state index contributed by atoms with van der Waals surface area (Å²) in [6.45, 7) is 2.48. The number of phosphoric acid groups is 3. The van der Waals surface area contributed by atoms with Crippen molar-refractivity contribution < 1.29 is 85.3 Å². The molecule has 1 saturated carbocycles. The number of anilines is 1. The number of Topliss-reactive ketones (excluding diaryl/α,β-unsaturated/α-hetero) is 1. The smallest absolute Gasteiger partial charge is 0.386 e. The van der Waals surface area contributed by atoms with Gasteiger partial charge < -0.3 is 50.9 Å². The van der Waals surface area contributed by atoms with Crippen molar-refractivity contribution in [2.75, 3.05) is 37.8 Å². The van der Waals surface area contributed by atoms with Crippen LogP contribution in [0.4, 0.5) is 5.82 Å². The van der Waals surface area contributed by atoms with Crippen molar-refractivity contribution in [3.8, 4) is 0 Å². The number of hydrogen-bond donors (Lipinski definition) is 9. The monoisotopic (exact) mass is 1010 g/mol. The lowest BCUT2D eigenvalue weighted by Gasteiger charge is -2.30. The van der Waals surface area contributed by atoms with Gasteiger partial charge in [-0.1, -0.05) is 50.8 Å². The van der Waals surface area contributed by atoms with Gasteiger partial charge in [0.25, 0.3) is 0 Å². The molecular weight excluding hydrogens is 955 g/mol. The zero-order chi connectivity index (χ0) is 48.9. The van der Waals surface area contributed by atoms with Gasteiger partial charge >= 0.3 is 23.5 Å². The molecule has 2 aromatic heterocycles. The summed E-state index contributed by atoms with van der Waals surface area (Å²) < 4.78 is 62.4. The molecule has 1 saturated heterocycles. The summed E-state index contributed by atoms with van der Waals surface area (Å²) in [7, 11) is -16.4. The quantitative estimate of drug-likeness (QED) is 0.0268. The maximum Gasteiger partial charge on any atom is 0.481 e. The van der Waals surface area contributed by atoms with Crippen LogP contribution in [0.15, 0.2) is 37.0 Å². The average Bonchev–Trinajstić information content (AvgIpc) is 3.91. The number of unbranched alkanes of at least 4 members (excludes halogenated alkanes) is 1. The van der Waals surface area contributed by atoms with Crippen molar-refractivity contribution >= 4 is 74.9 Å². The van der Waals surface area contributed by atoms with Crippen molar-refractivity contribution in [1.29, 1.82) is 0 Å². The lowest BCUT2D eigenvalue weighted by molar-refractivity contribution is -0.137. The summed E-state index contributed by atoms with van der Waals surface area (Å²) in [5.74, 6) is -0.392. The molecule has 3 heterocycles. The molecule has 4 rings (SSSR count). The van der Waals surface area contributed by atoms with Gasteiger partial charge in [-0.3, -0.25) is 37.3 Å². The molecule has 29 heteroatoms. The number of carbonyl (C=O) groups excluding carboxylic acids is 4. The highest BCUT2D eigenvalue weighted by atomic mass is 32.2. The maximum absolute atomic E-state index is 12.7. The number of nitrogens with two attached hydrogens (primary N) is 1. The van der Waals surface area contributed by atoms with E-state index in [0.29, 0.717) is 30.3 Å². The fourth-order valence-corrected chi connectivity index (χ4v) is 10.5. The number of nitrogens with one attached hydrogen (secondary N) is 2. The van der Waals surface area contributed by atoms with Crippen LogP contribution in [0.5, 0.6) is 0 Å². The Morgan fingerprint density at radius 1 is 1.06 bits per heavy atom. The van der Waals surface area contributed by atoms with Crippen molar-refractivity contribution in [2.24, 2.45) is 17.3 Å². The van der Waals surface area contributed by atoms with Crippen LogP contribution >= 0.6 is 35.2 Å². The number of ketones is 1. The molecule has 1 aliphatic heterocycles. The number of rotatable bonds is 27. The van der Waals surface area contributed by atoms with Crippen molar-refractivity contribution in [3.63, 3.8) is 0 Å². The Kier molecular flexibility index (Phi) is 20.8. The zero-order valence-corrected chi connectivity index (χ0v) is 39.9. The normalized spacial score (nSPS) is 23.9. The molecule has 2 fully saturated rings. The van der Waals surface area contributed by atoms with E-state index in [1.807, 2.05) is 6.08 Å². The number of carbonyl (C=O) groups is 4. The molecule has 66 heavy (non-hydrogen) atoms. The Hall–Kier alpha value is -3.29. The first kappa shape index (κ1) is 55.3. The molecule has 9 unspecified atom stereocenters. The third-order valence-corrected chi connectivity index (χ3v) is 14.4. The zero-order valence-electron chi connectivity index (χ0n) is 36.4. The van der Waals surface area contributed by atoms with Gasteiger partial charge in [0.15, 0.2) is 17.7 Å². The Morgan fingerprint density at radius 2 is 1.79 bits per heavy atom. The standard InChI is InChI=1S/C37H58N7O18P3S/c1-4-5-7-11-24-23(13-14-25(24)45)10-8-6-9-12-28(47)66-18-17-39-27(46)15-16-40-35(50)32(49)37(2,3)20-59-65(56,57)62-64(54,55)58-19-26-31(61-63(51,52)53)30(48)36(60-26)44-22-43-29-33(38)41-21-42-34(29)44/h5,7,9,12,21-24,26,30-32,36,48-49H,4,6,8,10-11,13-20H2,1-3H3,(H,39,46)(H,40,50)(H,54,55)(H,56,57)(H2,38,41,42)(H2,51,52,53). The van der Waals surface area contributed by atoms with Crippen LogP contribution in [0.2, 0.25) is 0 Å². The number of amides is 2. The van der Waals surface area contributed by atoms with Crippen LogP contribution in [0.1, 0.15) is 78.4 Å². The Morgan fingerprint density at radius 3 is 2.50 bits per heavy atom. The van der Waals surface area contributed by atoms with Gasteiger partial charge in [-0.05, 0) is 50.5 Å². The highest BCUT2D eigenvalue weighted by Gasteiger charge is 2.50. The highest BCUT2D eigenvalue weighted by Crippen LogP contribution is 2.61. The number of ether oxygens (including phenoxy) is 1. The largest absolute Gasteiger partial charge is 0.481 e. The number of aliphatic hydroxyl groups is 2. The van der Waals surface area contributed by atoms with Gasteiger partial charge in [-0.15, -0.1) is 0 Å². The number of thioether (sulfide) groups is 1. The van der Waals surface area contributed by atoms with Gasteiger partial charge in [0.05, 0.1) is 19.5 Å². The predicted molar refractivity (Wildman–Crippen MR) is 235 cm³/mol. The third-order valence-electron chi connectivity index (χ3n) is 10.5. The molecule has 0 bridgehead atoms. The number of fused-ring (bicyclic) bond motifs is 1. The topological polar surface area (TPSA) is 381 Å². The predicted octanol–water partition coefficient (Wildman–Crippen LogP) is 2.34. The van der Waals surface area contributed by atoms with Crippen LogP contribution in [0.3, 0.4) is 0 Å². The summed E-state index contributed by atoms with van der Waals surface area (Å²) in [5, 5.41) is 26.4. The number of nitrogen functional groups attached to an aromatic ring is 1. The van der Waals surface area contributed by atoms with Crippen molar-refractivity contribution in [2.45, 2.75) is 103 Å². The summed E-state index contributed by atoms with van der Waals surface area (Å²) in [5.41, 5.74) is 4.25. The molecule has 25 nitrogen and oxygen atoms in total. The van der Waals surface area contributed by atoms with Gasteiger partial charge in [0.1, 0.15) is 42.0 Å². The second-order valence-corrected chi connectivity index (χ2v) is 21.4. The van der Waals surface area contributed by atoms with E-state index in [1.165, 1.54) is 19.9 Å². The van der Waals surface area contributed by atoms with E-state index >= 15 is 0 Å². The Balaban J connectivity index is 1.13. The number of aliphatic hydroxyl groups excluding tert-OH is 2. The van der Waals surface area contributed by atoms with Crippen LogP contribution in [0, 0.1) is 17.3 Å². The number of aromatic nitrogens is 4. The minimum Gasteiger partial charge on any atom is -0.386 e. The molecule has 0 radical (unpaired) electrons. The van der Waals surface area contributed by atoms with E-state index < -0.39 is 84.6 Å². The average molecular weight is 1010 g/mol. The molecule has 10 N–H and O–H groups in total. The molecule has 2 amide bonds. The fraction of sp³-hybridized carbons (Fsp3) is 0.649. The summed E-state index contributed by atoms with van der Waals surface area (Å²) in [6, 6.07) is 0. The van der Waals surface area contributed by atoms with Crippen molar-refractivity contribution in [1.82, 2.24) is 30.2 Å². The van der Waals surface area contributed by atoms with Crippen LogP contribution in [0.25, 0.3) is 11.2 Å². The maximum atomic E-state index is 12.7. The number of hydrogen-bond acceptors (Lipinski definition) is 19. The van der Waals surface area contributed by atoms with E-state index in [2.05, 4.69) is 53.5 Å². The fourth-order valence-electron chi connectivity index (χ4n) is 7.06. The van der Waals surface area contributed by atoms with E-state index in [-0.39, 0.29) is 47.5 Å². The van der Waals surface area contributed by atoms with E-state index in [4.69, 9.17) is 19.5 Å². The van der Waals surface area contributed by atoms with Gasteiger partial charge in [-0.2, -0.15) is 4.31 Å². The first-order valence-electron chi connectivity index (χ1n) is 20.8. The first-order chi connectivity index (χ1) is 30.9. The summed E-state index contributed by atoms with van der Waals surface area (Å²) in [4.78, 5) is 101. The second-order valence-electron chi connectivity index (χ2n) is 16.1. The highest BCUT2D eigenvalue weighted by molar-refractivity contribution is 8.14. The van der Waals surface area contributed by atoms with Gasteiger partial charge in [-0.25, -0.2) is 28.6 Å². The molecule has 9 atom stereocenters. The molecule has 1 aliphatic carbocycles.